The molecule has 0 saturated carbocycles. The third-order valence-electron chi connectivity index (χ3n) is 8.83. The van der Waals surface area contributed by atoms with Gasteiger partial charge in [-0.25, -0.2) is 9.97 Å². The number of nitrogens with zero attached hydrogens (tertiary/aromatic N) is 3. The highest BCUT2D eigenvalue weighted by Gasteiger charge is 2.26. The standard InChI is InChI=1S/C37H36Cl2N6O5/c1-37(2,36(48)49)42-19-23-18-41-30-16-21(14-15-45(30)35(23)47)25-6-4-7-26(32(25)38)27-8-5-9-28(33(27)39)29-12-10-22(34(44-29)50-3)17-40-20-24-11-13-31(46)43-24/h4-10,12,14-16,18,24,40,42H,11,13,17,19-20H2,1-3H3,(H,43,46)(H,48,49). The lowest BCUT2D eigenvalue weighted by molar-refractivity contribution is -0.143. The number of hydrogen-bond acceptors (Lipinski definition) is 8. The van der Waals surface area contributed by atoms with Crippen molar-refractivity contribution in [3.8, 4) is 39.4 Å². The van der Waals surface area contributed by atoms with Gasteiger partial charge in [0.1, 0.15) is 11.2 Å². The SMILES string of the molecule is COc1nc(-c2cccc(-c3cccc(-c4ccn5c(=O)c(CNC(C)(C)C(=O)O)cnc5c4)c3Cl)c2Cl)ccc1CNCC1CCC(=O)N1. The normalized spacial score (nSPS) is 14.6. The zero-order valence-electron chi connectivity index (χ0n) is 27.7. The van der Waals surface area contributed by atoms with Gasteiger partial charge in [0.25, 0.3) is 5.56 Å². The molecule has 1 unspecified atom stereocenters. The van der Waals surface area contributed by atoms with E-state index in [1.807, 2.05) is 48.5 Å². The number of hydrogen-bond donors (Lipinski definition) is 4. The fourth-order valence-electron chi connectivity index (χ4n) is 5.84. The van der Waals surface area contributed by atoms with Crippen LogP contribution in [0.4, 0.5) is 0 Å². The van der Waals surface area contributed by atoms with Crippen molar-refractivity contribution in [2.24, 2.45) is 0 Å². The number of benzene rings is 2. The van der Waals surface area contributed by atoms with E-state index in [0.717, 1.165) is 34.2 Å². The molecule has 13 heteroatoms. The van der Waals surface area contributed by atoms with Crippen LogP contribution in [0.5, 0.6) is 5.88 Å². The van der Waals surface area contributed by atoms with Gasteiger partial charge in [-0.3, -0.25) is 24.1 Å². The van der Waals surface area contributed by atoms with E-state index in [0.29, 0.717) is 57.9 Å². The Morgan fingerprint density at radius 1 is 1.00 bits per heavy atom. The number of carboxylic acid groups (broad SMARTS) is 1. The smallest absolute Gasteiger partial charge is 0.323 e. The average Bonchev–Trinajstić information content (AvgIpc) is 3.52. The van der Waals surface area contributed by atoms with Gasteiger partial charge in [-0.2, -0.15) is 0 Å². The van der Waals surface area contributed by atoms with E-state index >= 15 is 0 Å². The van der Waals surface area contributed by atoms with Gasteiger partial charge in [-0.1, -0.05) is 65.7 Å². The molecule has 11 nitrogen and oxygen atoms in total. The lowest BCUT2D eigenvalue weighted by Crippen LogP contribution is -2.46. The van der Waals surface area contributed by atoms with Gasteiger partial charge in [0.15, 0.2) is 0 Å². The topological polar surface area (TPSA) is 147 Å². The molecule has 5 aromatic rings. The number of fused-ring (bicyclic) bond motifs is 1. The van der Waals surface area contributed by atoms with Crippen molar-refractivity contribution in [2.45, 2.75) is 51.4 Å². The van der Waals surface area contributed by atoms with Crippen LogP contribution in [0.15, 0.2) is 77.9 Å². The summed E-state index contributed by atoms with van der Waals surface area (Å²) in [6, 6.07) is 18.9. The van der Waals surface area contributed by atoms with Gasteiger partial charge in [-0.05, 0) is 44.0 Å². The maximum Gasteiger partial charge on any atom is 0.323 e. The largest absolute Gasteiger partial charge is 0.481 e. The molecule has 4 N–H and O–H groups in total. The summed E-state index contributed by atoms with van der Waals surface area (Å²) in [5.74, 6) is -0.462. The molecule has 1 amide bonds. The molecule has 6 rings (SSSR count). The van der Waals surface area contributed by atoms with Crippen molar-refractivity contribution < 1.29 is 19.4 Å². The Bertz CT molecular complexity index is 2170. The number of carbonyl (C=O) groups excluding carboxylic acids is 1. The molecule has 1 atom stereocenters. The predicted molar refractivity (Wildman–Crippen MR) is 194 cm³/mol. The highest BCUT2D eigenvalue weighted by Crippen LogP contribution is 2.42. The van der Waals surface area contributed by atoms with E-state index in [1.165, 1.54) is 24.4 Å². The highest BCUT2D eigenvalue weighted by atomic mass is 35.5. The Labute approximate surface area is 298 Å². The summed E-state index contributed by atoms with van der Waals surface area (Å²) in [6.45, 7) is 4.30. The number of rotatable bonds is 12. The molecule has 0 aliphatic carbocycles. The van der Waals surface area contributed by atoms with Gasteiger partial charge in [0.05, 0.1) is 28.4 Å². The van der Waals surface area contributed by atoms with Crippen LogP contribution in [0.3, 0.4) is 0 Å². The number of nitrogens with one attached hydrogen (secondary N) is 3. The molecular formula is C37H36Cl2N6O5. The average molecular weight is 716 g/mol. The van der Waals surface area contributed by atoms with Crippen molar-refractivity contribution in [1.82, 2.24) is 30.3 Å². The Balaban J connectivity index is 1.25. The van der Waals surface area contributed by atoms with E-state index in [-0.39, 0.29) is 24.1 Å². The van der Waals surface area contributed by atoms with Crippen molar-refractivity contribution in [3.05, 3.63) is 105 Å². The van der Waals surface area contributed by atoms with E-state index in [9.17, 15) is 19.5 Å². The number of ether oxygens (including phenoxy) is 1. The van der Waals surface area contributed by atoms with Crippen LogP contribution in [0.25, 0.3) is 39.2 Å². The Hall–Kier alpha value is -4.81. The molecular weight excluding hydrogens is 679 g/mol. The molecule has 2 aromatic carbocycles. The molecule has 0 bridgehead atoms. The number of aromatic nitrogens is 3. The van der Waals surface area contributed by atoms with Crippen molar-refractivity contribution in [2.75, 3.05) is 13.7 Å². The zero-order chi connectivity index (χ0) is 35.6. The third-order valence-corrected chi connectivity index (χ3v) is 9.65. The quantitative estimate of drug-likeness (QED) is 0.127. The first-order valence-electron chi connectivity index (χ1n) is 16.1. The van der Waals surface area contributed by atoms with Gasteiger partial charge < -0.3 is 20.5 Å². The number of aliphatic carboxylic acids is 1. The van der Waals surface area contributed by atoms with Gasteiger partial charge >= 0.3 is 5.97 Å². The number of halogens is 2. The van der Waals surface area contributed by atoms with Crippen molar-refractivity contribution in [3.63, 3.8) is 0 Å². The van der Waals surface area contributed by atoms with Crippen LogP contribution >= 0.6 is 23.2 Å². The molecule has 1 aliphatic heterocycles. The van der Waals surface area contributed by atoms with Gasteiger partial charge in [0.2, 0.25) is 11.8 Å². The highest BCUT2D eigenvalue weighted by molar-refractivity contribution is 6.39. The summed E-state index contributed by atoms with van der Waals surface area (Å²) in [7, 11) is 1.58. The second-order valence-electron chi connectivity index (χ2n) is 12.6. The summed E-state index contributed by atoms with van der Waals surface area (Å²) in [4.78, 5) is 45.4. The number of pyridine rings is 2. The molecule has 4 heterocycles. The summed E-state index contributed by atoms with van der Waals surface area (Å²) in [5, 5.41) is 19.6. The molecule has 1 saturated heterocycles. The second kappa shape index (κ2) is 14.6. The maximum atomic E-state index is 13.2. The monoisotopic (exact) mass is 714 g/mol. The molecule has 1 fully saturated rings. The Morgan fingerprint density at radius 3 is 2.38 bits per heavy atom. The van der Waals surface area contributed by atoms with Gasteiger partial charge in [-0.15, -0.1) is 0 Å². The summed E-state index contributed by atoms with van der Waals surface area (Å²) in [6.07, 6.45) is 4.47. The van der Waals surface area contributed by atoms with Crippen LogP contribution in [-0.2, 0) is 22.7 Å². The minimum atomic E-state index is -1.21. The van der Waals surface area contributed by atoms with Crippen LogP contribution in [0.1, 0.15) is 37.8 Å². The minimum Gasteiger partial charge on any atom is -0.481 e. The first-order chi connectivity index (χ1) is 24.0. The molecule has 50 heavy (non-hydrogen) atoms. The van der Waals surface area contributed by atoms with E-state index in [2.05, 4.69) is 20.9 Å². The summed E-state index contributed by atoms with van der Waals surface area (Å²) in [5.41, 5.74) is 4.40. The molecule has 258 valence electrons. The molecule has 3 aromatic heterocycles. The Morgan fingerprint density at radius 2 is 1.70 bits per heavy atom. The number of carbonyl (C=O) groups is 2. The fourth-order valence-corrected chi connectivity index (χ4v) is 6.50. The minimum absolute atomic E-state index is 0.0511. The van der Waals surface area contributed by atoms with Crippen LogP contribution < -0.4 is 26.2 Å². The summed E-state index contributed by atoms with van der Waals surface area (Å²) < 4.78 is 7.05. The summed E-state index contributed by atoms with van der Waals surface area (Å²) >= 11 is 14.1. The van der Waals surface area contributed by atoms with E-state index < -0.39 is 11.5 Å². The van der Waals surface area contributed by atoms with Gasteiger partial charge in [0, 0.05) is 72.3 Å². The number of methoxy groups -OCH3 is 1. The lowest BCUT2D eigenvalue weighted by Gasteiger charge is -2.20. The molecule has 0 spiro atoms. The number of carboxylic acids is 1. The number of amides is 1. The lowest BCUT2D eigenvalue weighted by atomic mass is 9.97. The molecule has 1 aliphatic rings. The van der Waals surface area contributed by atoms with Crippen molar-refractivity contribution >= 4 is 40.7 Å². The maximum absolute atomic E-state index is 13.2. The third kappa shape index (κ3) is 7.22. The van der Waals surface area contributed by atoms with Crippen LogP contribution in [0, 0.1) is 0 Å². The zero-order valence-corrected chi connectivity index (χ0v) is 29.2. The van der Waals surface area contributed by atoms with E-state index in [1.54, 1.807) is 25.4 Å². The Kier molecular flexibility index (Phi) is 10.2. The van der Waals surface area contributed by atoms with Crippen LogP contribution in [-0.4, -0.2) is 56.6 Å². The van der Waals surface area contributed by atoms with Crippen molar-refractivity contribution in [1.29, 1.82) is 0 Å². The first kappa shape index (κ1) is 35.0. The van der Waals surface area contributed by atoms with Crippen LogP contribution in [0.2, 0.25) is 10.0 Å². The first-order valence-corrected chi connectivity index (χ1v) is 16.8. The van der Waals surface area contributed by atoms with E-state index in [4.69, 9.17) is 32.9 Å². The fraction of sp³-hybridized carbons (Fsp3) is 0.270. The predicted octanol–water partition coefficient (Wildman–Crippen LogP) is 5.73. The second-order valence-corrected chi connectivity index (χ2v) is 13.4. The molecule has 0 radical (unpaired) electrons.